The normalized spacial score (nSPS) is 26.0. The van der Waals surface area contributed by atoms with Gasteiger partial charge < -0.3 is 4.90 Å². The van der Waals surface area contributed by atoms with Gasteiger partial charge in [-0.25, -0.2) is 16.8 Å². The highest BCUT2D eigenvalue weighted by Crippen LogP contribution is 2.27. The molecule has 6 nitrogen and oxygen atoms in total. The average molecular weight is 386 g/mol. The van der Waals surface area contributed by atoms with Crippen molar-refractivity contribution in [1.82, 2.24) is 4.90 Å². The first-order chi connectivity index (χ1) is 11.7. The molecule has 0 radical (unpaired) electrons. The van der Waals surface area contributed by atoms with Crippen molar-refractivity contribution in [2.45, 2.75) is 48.8 Å². The van der Waals surface area contributed by atoms with Gasteiger partial charge in [0.1, 0.15) is 0 Å². The minimum absolute atomic E-state index is 0.0725. The first-order valence-corrected chi connectivity index (χ1v) is 12.0. The molecule has 2 saturated heterocycles. The molecule has 0 aromatic heterocycles. The van der Waals surface area contributed by atoms with Gasteiger partial charge in [-0.15, -0.1) is 0 Å². The van der Waals surface area contributed by atoms with E-state index in [2.05, 4.69) is 6.92 Å². The zero-order valence-electron chi connectivity index (χ0n) is 14.2. The molecule has 2 aliphatic heterocycles. The molecule has 0 N–H and O–H groups in total. The molecule has 138 valence electrons. The number of nitrogens with zero attached hydrogens (tertiary/aromatic N) is 1. The Balaban J connectivity index is 1.79. The number of carbonyl (C=O) groups is 1. The second-order valence-electron chi connectivity index (χ2n) is 6.80. The van der Waals surface area contributed by atoms with E-state index < -0.39 is 24.9 Å². The van der Waals surface area contributed by atoms with Gasteiger partial charge in [0, 0.05) is 18.2 Å². The Morgan fingerprint density at radius 3 is 2.44 bits per heavy atom. The Morgan fingerprint density at radius 1 is 1.20 bits per heavy atom. The van der Waals surface area contributed by atoms with E-state index in [-0.39, 0.29) is 34.8 Å². The Bertz CT molecular complexity index is 859. The number of hydrogen-bond donors (Lipinski definition) is 0. The van der Waals surface area contributed by atoms with Crippen LogP contribution in [0.15, 0.2) is 29.2 Å². The maximum atomic E-state index is 12.6. The molecule has 0 spiro atoms. The quantitative estimate of drug-likeness (QED) is 0.786. The van der Waals surface area contributed by atoms with Crippen LogP contribution < -0.4 is 0 Å². The van der Waals surface area contributed by atoms with Crippen molar-refractivity contribution in [3.8, 4) is 0 Å². The van der Waals surface area contributed by atoms with Gasteiger partial charge in [-0.3, -0.25) is 4.79 Å². The molecule has 0 bridgehead atoms. The van der Waals surface area contributed by atoms with Crippen molar-refractivity contribution >= 4 is 25.6 Å². The summed E-state index contributed by atoms with van der Waals surface area (Å²) in [5.41, 5.74) is 0.471. The minimum Gasteiger partial charge on any atom is -0.336 e. The molecule has 1 aromatic rings. The zero-order valence-corrected chi connectivity index (χ0v) is 15.9. The third-order valence-electron chi connectivity index (χ3n) is 5.17. The van der Waals surface area contributed by atoms with E-state index in [1.807, 2.05) is 4.90 Å². The highest BCUT2D eigenvalue weighted by molar-refractivity contribution is 7.96. The summed E-state index contributed by atoms with van der Waals surface area (Å²) in [5, 5.41) is -0.887. The Kier molecular flexibility index (Phi) is 4.94. The van der Waals surface area contributed by atoms with E-state index >= 15 is 0 Å². The number of sulfone groups is 2. The standard InChI is InChI=1S/C17H23NO5S2/c1-2-14-4-3-10-18(14)17(19)13-5-7-15(8-6-13)25(22,23)16-9-11-24(20,21)12-16/h5-8,14,16H,2-4,9-12H2,1H3. The lowest BCUT2D eigenvalue weighted by molar-refractivity contribution is 0.0733. The summed E-state index contributed by atoms with van der Waals surface area (Å²) in [6.45, 7) is 2.79. The minimum atomic E-state index is -3.69. The summed E-state index contributed by atoms with van der Waals surface area (Å²) in [6, 6.07) is 6.15. The average Bonchev–Trinajstić information content (AvgIpc) is 3.20. The van der Waals surface area contributed by atoms with Crippen molar-refractivity contribution in [3.05, 3.63) is 29.8 Å². The van der Waals surface area contributed by atoms with Crippen LogP contribution in [0.4, 0.5) is 0 Å². The van der Waals surface area contributed by atoms with Gasteiger partial charge in [0.2, 0.25) is 0 Å². The van der Waals surface area contributed by atoms with E-state index in [9.17, 15) is 21.6 Å². The van der Waals surface area contributed by atoms with Gasteiger partial charge >= 0.3 is 0 Å². The molecular weight excluding hydrogens is 362 g/mol. The second-order valence-corrected chi connectivity index (χ2v) is 11.3. The van der Waals surface area contributed by atoms with Crippen LogP contribution in [-0.2, 0) is 19.7 Å². The number of carbonyl (C=O) groups excluding carboxylic acids is 1. The Labute approximate surface area is 149 Å². The third-order valence-corrected chi connectivity index (χ3v) is 9.36. The lowest BCUT2D eigenvalue weighted by Gasteiger charge is -2.23. The molecular formula is C17H23NO5S2. The van der Waals surface area contributed by atoms with Crippen molar-refractivity contribution < 1.29 is 21.6 Å². The molecule has 2 heterocycles. The van der Waals surface area contributed by atoms with Crippen molar-refractivity contribution in [2.24, 2.45) is 0 Å². The van der Waals surface area contributed by atoms with E-state index in [1.165, 1.54) is 24.3 Å². The van der Waals surface area contributed by atoms with E-state index in [0.29, 0.717) is 5.56 Å². The van der Waals surface area contributed by atoms with Crippen LogP contribution in [0.3, 0.4) is 0 Å². The first-order valence-electron chi connectivity index (χ1n) is 8.60. The molecule has 2 aliphatic rings. The molecule has 25 heavy (non-hydrogen) atoms. The van der Waals surface area contributed by atoms with Crippen LogP contribution in [0.25, 0.3) is 0 Å². The molecule has 3 rings (SSSR count). The summed E-state index contributed by atoms with van der Waals surface area (Å²) in [6.07, 6.45) is 3.05. The van der Waals surface area contributed by atoms with Crippen LogP contribution in [0, 0.1) is 0 Å². The maximum absolute atomic E-state index is 12.6. The fraction of sp³-hybridized carbons (Fsp3) is 0.588. The third kappa shape index (κ3) is 3.60. The predicted molar refractivity (Wildman–Crippen MR) is 95.0 cm³/mol. The number of likely N-dealkylation sites (tertiary alicyclic amines) is 1. The van der Waals surface area contributed by atoms with Crippen LogP contribution in [0.2, 0.25) is 0 Å². The van der Waals surface area contributed by atoms with Crippen molar-refractivity contribution in [3.63, 3.8) is 0 Å². The molecule has 1 aromatic carbocycles. The van der Waals surface area contributed by atoms with Gasteiger partial charge in [0.25, 0.3) is 5.91 Å². The summed E-state index contributed by atoms with van der Waals surface area (Å²) >= 11 is 0. The van der Waals surface area contributed by atoms with Crippen LogP contribution >= 0.6 is 0 Å². The molecule has 0 saturated carbocycles. The number of benzene rings is 1. The largest absolute Gasteiger partial charge is 0.336 e. The highest BCUT2D eigenvalue weighted by atomic mass is 32.2. The van der Waals surface area contributed by atoms with Crippen LogP contribution in [0.1, 0.15) is 43.0 Å². The fourth-order valence-corrected chi connectivity index (χ4v) is 8.04. The number of hydrogen-bond acceptors (Lipinski definition) is 5. The SMILES string of the molecule is CCC1CCCN1C(=O)c1ccc(S(=O)(=O)C2CCS(=O)(=O)C2)cc1. The van der Waals surface area contributed by atoms with Gasteiger partial charge in [-0.05, 0) is 49.9 Å². The lowest BCUT2D eigenvalue weighted by atomic mass is 10.1. The summed E-state index contributed by atoms with van der Waals surface area (Å²) in [4.78, 5) is 14.6. The molecule has 2 atom stereocenters. The van der Waals surface area contributed by atoms with Crippen molar-refractivity contribution in [1.29, 1.82) is 0 Å². The summed E-state index contributed by atoms with van der Waals surface area (Å²) in [7, 11) is -6.96. The van der Waals surface area contributed by atoms with Gasteiger partial charge in [0.05, 0.1) is 21.7 Å². The topological polar surface area (TPSA) is 88.6 Å². The summed E-state index contributed by atoms with van der Waals surface area (Å²) < 4.78 is 48.3. The van der Waals surface area contributed by atoms with Crippen LogP contribution in [-0.4, -0.2) is 57.0 Å². The fourth-order valence-electron chi connectivity index (χ4n) is 3.68. The molecule has 0 aliphatic carbocycles. The maximum Gasteiger partial charge on any atom is 0.254 e. The van der Waals surface area contributed by atoms with Gasteiger partial charge in [-0.2, -0.15) is 0 Å². The van der Waals surface area contributed by atoms with Crippen LogP contribution in [0.5, 0.6) is 0 Å². The zero-order chi connectivity index (χ0) is 18.2. The Hall–Kier alpha value is -1.41. The van der Waals surface area contributed by atoms with Gasteiger partial charge in [-0.1, -0.05) is 6.92 Å². The monoisotopic (exact) mass is 385 g/mol. The van der Waals surface area contributed by atoms with Crippen molar-refractivity contribution in [2.75, 3.05) is 18.1 Å². The van der Waals surface area contributed by atoms with Gasteiger partial charge in [0.15, 0.2) is 19.7 Å². The number of amides is 1. The summed E-state index contributed by atoms with van der Waals surface area (Å²) in [5.74, 6) is -0.472. The molecule has 8 heteroatoms. The molecule has 1 amide bonds. The highest BCUT2D eigenvalue weighted by Gasteiger charge is 2.38. The predicted octanol–water partition coefficient (Wildman–Crippen LogP) is 1.66. The van der Waals surface area contributed by atoms with E-state index in [1.54, 1.807) is 0 Å². The van der Waals surface area contributed by atoms with E-state index in [0.717, 1.165) is 25.8 Å². The molecule has 2 fully saturated rings. The smallest absolute Gasteiger partial charge is 0.254 e. The number of rotatable bonds is 4. The molecule has 2 unspecified atom stereocenters. The Morgan fingerprint density at radius 2 is 1.88 bits per heavy atom. The second kappa shape index (κ2) is 6.72. The lowest BCUT2D eigenvalue weighted by Crippen LogP contribution is -2.35. The first kappa shape index (κ1) is 18.4. The van der Waals surface area contributed by atoms with E-state index in [4.69, 9.17) is 0 Å².